The third-order valence-electron chi connectivity index (χ3n) is 2.74. The van der Waals surface area contributed by atoms with Crippen molar-refractivity contribution in [2.45, 2.75) is 38.3 Å². The van der Waals surface area contributed by atoms with E-state index in [0.29, 0.717) is 12.3 Å². The molecule has 94 valence electrons. The molecule has 1 aliphatic rings. The van der Waals surface area contributed by atoms with Crippen molar-refractivity contribution in [2.75, 3.05) is 5.88 Å². The Morgan fingerprint density at radius 2 is 1.76 bits per heavy atom. The second kappa shape index (κ2) is 4.56. The van der Waals surface area contributed by atoms with Gasteiger partial charge in [0.05, 0.1) is 0 Å². The van der Waals surface area contributed by atoms with Gasteiger partial charge in [-0.05, 0) is 32.4 Å². The Morgan fingerprint density at radius 3 is 2.24 bits per heavy atom. The number of hydrogen-bond acceptors (Lipinski definition) is 2. The number of ether oxygens (including phenoxy) is 2. The Bertz CT molecular complexity index is 381. The van der Waals surface area contributed by atoms with Gasteiger partial charge in [0.25, 0.3) is 0 Å². The molecule has 1 fully saturated rings. The number of halogens is 2. The summed E-state index contributed by atoms with van der Waals surface area (Å²) >= 11 is 5.70. The quantitative estimate of drug-likeness (QED) is 0.765. The smallest absolute Gasteiger partial charge is 0.201 e. The Balaban J connectivity index is 2.20. The van der Waals surface area contributed by atoms with E-state index in [0.717, 1.165) is 12.0 Å². The fourth-order valence-electron chi connectivity index (χ4n) is 2.17. The molecule has 0 N–H and O–H groups in total. The highest BCUT2D eigenvalue weighted by Gasteiger charge is 2.52. The molecule has 0 spiro atoms. The molecule has 1 aromatic rings. The largest absolute Gasteiger partial charge is 0.314 e. The lowest BCUT2D eigenvalue weighted by Crippen LogP contribution is -2.57. The third kappa shape index (κ3) is 2.62. The van der Waals surface area contributed by atoms with Gasteiger partial charge in [-0.2, -0.15) is 0 Å². The van der Waals surface area contributed by atoms with Crippen LogP contribution in [0.2, 0.25) is 0 Å². The molecule has 0 radical (unpaired) electrons. The molecule has 0 saturated carbocycles. The van der Waals surface area contributed by atoms with Gasteiger partial charge in [-0.3, -0.25) is 0 Å². The summed E-state index contributed by atoms with van der Waals surface area (Å²) in [5.41, 5.74) is 0.836. The standard InChI is InChI=1S/C13H16ClFO2/c1-12(2)16-13(17-12,8-3-9-14)10-4-6-11(15)7-5-10/h4-7H,3,8-9H2,1-2H3. The zero-order valence-corrected chi connectivity index (χ0v) is 10.8. The zero-order chi connectivity index (χ0) is 12.5. The van der Waals surface area contributed by atoms with Gasteiger partial charge in [0.1, 0.15) is 5.82 Å². The lowest BCUT2D eigenvalue weighted by Gasteiger charge is -2.53. The second-order valence-electron chi connectivity index (χ2n) is 4.66. The van der Waals surface area contributed by atoms with Crippen molar-refractivity contribution in [1.29, 1.82) is 0 Å². The van der Waals surface area contributed by atoms with Crippen molar-refractivity contribution < 1.29 is 13.9 Å². The zero-order valence-electron chi connectivity index (χ0n) is 10.0. The van der Waals surface area contributed by atoms with Gasteiger partial charge >= 0.3 is 0 Å². The number of alkyl halides is 1. The molecule has 1 aromatic carbocycles. The van der Waals surface area contributed by atoms with Crippen molar-refractivity contribution in [3.8, 4) is 0 Å². The molecule has 0 amide bonds. The van der Waals surface area contributed by atoms with Crippen LogP contribution in [-0.4, -0.2) is 11.7 Å². The molecule has 0 bridgehead atoms. The number of rotatable bonds is 4. The normalized spacial score (nSPS) is 20.9. The monoisotopic (exact) mass is 258 g/mol. The molecular formula is C13H16ClFO2. The van der Waals surface area contributed by atoms with E-state index in [1.54, 1.807) is 12.1 Å². The first kappa shape index (κ1) is 12.8. The predicted molar refractivity (Wildman–Crippen MR) is 64.3 cm³/mol. The Morgan fingerprint density at radius 1 is 1.18 bits per heavy atom. The van der Waals surface area contributed by atoms with Gasteiger partial charge < -0.3 is 9.47 Å². The molecule has 0 unspecified atom stereocenters. The lowest BCUT2D eigenvalue weighted by molar-refractivity contribution is -0.510. The Labute approximate surface area is 106 Å². The van der Waals surface area contributed by atoms with E-state index in [1.165, 1.54) is 12.1 Å². The molecule has 0 atom stereocenters. The van der Waals surface area contributed by atoms with Crippen LogP contribution in [-0.2, 0) is 15.3 Å². The second-order valence-corrected chi connectivity index (χ2v) is 5.03. The minimum atomic E-state index is -0.758. The highest BCUT2D eigenvalue weighted by Crippen LogP contribution is 2.48. The molecule has 1 aliphatic heterocycles. The molecule has 4 heteroatoms. The molecule has 1 saturated heterocycles. The molecule has 0 aliphatic carbocycles. The first-order valence-corrected chi connectivity index (χ1v) is 6.23. The Hall–Kier alpha value is -0.640. The Kier molecular flexibility index (Phi) is 3.43. The van der Waals surface area contributed by atoms with Crippen LogP contribution in [0.1, 0.15) is 32.3 Å². The summed E-state index contributed by atoms with van der Waals surface area (Å²) in [4.78, 5) is 0. The lowest BCUT2D eigenvalue weighted by atomic mass is 9.97. The summed E-state index contributed by atoms with van der Waals surface area (Å²) in [6, 6.07) is 6.21. The van der Waals surface area contributed by atoms with E-state index in [4.69, 9.17) is 21.1 Å². The summed E-state index contributed by atoms with van der Waals surface area (Å²) in [5, 5.41) is 0. The first-order valence-electron chi connectivity index (χ1n) is 5.70. The van der Waals surface area contributed by atoms with Crippen LogP contribution in [0.5, 0.6) is 0 Å². The van der Waals surface area contributed by atoms with Crippen LogP contribution < -0.4 is 0 Å². The van der Waals surface area contributed by atoms with E-state index in [2.05, 4.69) is 0 Å². The van der Waals surface area contributed by atoms with Crippen molar-refractivity contribution in [2.24, 2.45) is 0 Å². The van der Waals surface area contributed by atoms with Gasteiger partial charge in [-0.1, -0.05) is 12.1 Å². The van der Waals surface area contributed by atoms with Crippen LogP contribution in [0.15, 0.2) is 24.3 Å². The van der Waals surface area contributed by atoms with Gasteiger partial charge in [0.2, 0.25) is 5.79 Å². The molecule has 2 rings (SSSR count). The van der Waals surface area contributed by atoms with Crippen molar-refractivity contribution >= 4 is 11.6 Å². The van der Waals surface area contributed by atoms with Crippen LogP contribution in [0.3, 0.4) is 0 Å². The van der Waals surface area contributed by atoms with E-state index < -0.39 is 11.6 Å². The fourth-order valence-corrected chi connectivity index (χ4v) is 2.30. The molecule has 1 heterocycles. The van der Waals surface area contributed by atoms with E-state index in [1.807, 2.05) is 13.8 Å². The molecule has 0 aromatic heterocycles. The minimum Gasteiger partial charge on any atom is -0.314 e. The van der Waals surface area contributed by atoms with E-state index >= 15 is 0 Å². The van der Waals surface area contributed by atoms with Crippen LogP contribution in [0, 0.1) is 5.82 Å². The highest BCUT2D eigenvalue weighted by atomic mass is 35.5. The van der Waals surface area contributed by atoms with Gasteiger partial charge in [-0.25, -0.2) is 4.39 Å². The highest BCUT2D eigenvalue weighted by molar-refractivity contribution is 6.17. The summed E-state index contributed by atoms with van der Waals surface area (Å²) in [6.45, 7) is 3.71. The average Bonchev–Trinajstić information content (AvgIpc) is 2.24. The topological polar surface area (TPSA) is 18.5 Å². The third-order valence-corrected chi connectivity index (χ3v) is 3.01. The summed E-state index contributed by atoms with van der Waals surface area (Å²) in [7, 11) is 0. The number of hydrogen-bond donors (Lipinski definition) is 0. The van der Waals surface area contributed by atoms with Crippen LogP contribution in [0.25, 0.3) is 0 Å². The maximum Gasteiger partial charge on any atom is 0.201 e. The minimum absolute atomic E-state index is 0.264. The molecule has 17 heavy (non-hydrogen) atoms. The maximum absolute atomic E-state index is 12.9. The summed E-state index contributed by atoms with van der Waals surface area (Å²) in [5.74, 6) is -1.05. The number of benzene rings is 1. The van der Waals surface area contributed by atoms with E-state index in [-0.39, 0.29) is 5.82 Å². The summed E-state index contributed by atoms with van der Waals surface area (Å²) < 4.78 is 24.6. The van der Waals surface area contributed by atoms with Crippen LogP contribution >= 0.6 is 11.6 Å². The van der Waals surface area contributed by atoms with Gasteiger partial charge in [0, 0.05) is 17.9 Å². The SMILES string of the molecule is CC1(C)OC(CCCCl)(c2ccc(F)cc2)O1. The fraction of sp³-hybridized carbons (Fsp3) is 0.538. The van der Waals surface area contributed by atoms with E-state index in [9.17, 15) is 4.39 Å². The molecule has 2 nitrogen and oxygen atoms in total. The van der Waals surface area contributed by atoms with Crippen molar-refractivity contribution in [3.05, 3.63) is 35.6 Å². The van der Waals surface area contributed by atoms with Crippen molar-refractivity contribution in [3.63, 3.8) is 0 Å². The van der Waals surface area contributed by atoms with Crippen molar-refractivity contribution in [1.82, 2.24) is 0 Å². The first-order chi connectivity index (χ1) is 7.97. The maximum atomic E-state index is 12.9. The van der Waals surface area contributed by atoms with Crippen LogP contribution in [0.4, 0.5) is 4.39 Å². The average molecular weight is 259 g/mol. The summed E-state index contributed by atoms with van der Waals surface area (Å²) in [6.07, 6.45) is 1.46. The van der Waals surface area contributed by atoms with Gasteiger partial charge in [0.15, 0.2) is 5.79 Å². The predicted octanol–water partition coefficient (Wildman–Crippen LogP) is 3.78. The molecular weight excluding hydrogens is 243 g/mol. The van der Waals surface area contributed by atoms with Gasteiger partial charge in [-0.15, -0.1) is 11.6 Å².